The van der Waals surface area contributed by atoms with Crippen molar-refractivity contribution < 1.29 is 13.9 Å². The Kier molecular flexibility index (Phi) is 5.32. The van der Waals surface area contributed by atoms with Gasteiger partial charge in [0.05, 0.1) is 5.69 Å². The first-order chi connectivity index (χ1) is 10.3. The molecule has 0 radical (unpaired) electrons. The van der Waals surface area contributed by atoms with Gasteiger partial charge in [-0.1, -0.05) is 6.07 Å². The molecule has 22 heavy (non-hydrogen) atoms. The highest BCUT2D eigenvalue weighted by Gasteiger charge is 2.27. The van der Waals surface area contributed by atoms with Gasteiger partial charge in [-0.25, -0.2) is 9.18 Å². The fraction of sp³-hybridized carbons (Fsp3) is 0.562. The van der Waals surface area contributed by atoms with Crippen molar-refractivity contribution in [3.05, 3.63) is 28.5 Å². The lowest BCUT2D eigenvalue weighted by Crippen LogP contribution is -2.44. The van der Waals surface area contributed by atoms with Crippen LogP contribution < -0.4 is 5.32 Å². The largest absolute Gasteiger partial charge is 0.444 e. The third-order valence-electron chi connectivity index (χ3n) is 3.46. The van der Waals surface area contributed by atoms with E-state index in [0.29, 0.717) is 23.2 Å². The third kappa shape index (κ3) is 4.60. The average Bonchev–Trinajstić information content (AvgIpc) is 2.42. The van der Waals surface area contributed by atoms with E-state index in [1.165, 1.54) is 6.07 Å². The number of nitrogens with one attached hydrogen (secondary N) is 1. The van der Waals surface area contributed by atoms with Crippen molar-refractivity contribution in [3.8, 4) is 0 Å². The predicted molar refractivity (Wildman–Crippen MR) is 88.6 cm³/mol. The zero-order valence-corrected chi connectivity index (χ0v) is 14.7. The number of carbonyl (C=O) groups is 1. The fourth-order valence-corrected chi connectivity index (χ4v) is 2.83. The second-order valence-corrected chi connectivity index (χ2v) is 7.34. The van der Waals surface area contributed by atoms with Gasteiger partial charge in [-0.3, -0.25) is 0 Å². The van der Waals surface area contributed by atoms with E-state index in [1.54, 1.807) is 17.0 Å². The van der Waals surface area contributed by atoms with Gasteiger partial charge in [0.15, 0.2) is 0 Å². The van der Waals surface area contributed by atoms with Crippen LogP contribution in [0.4, 0.5) is 14.9 Å². The van der Waals surface area contributed by atoms with Crippen LogP contribution in [0.2, 0.25) is 0 Å². The Morgan fingerprint density at radius 3 is 2.55 bits per heavy atom. The van der Waals surface area contributed by atoms with Crippen LogP contribution in [0.15, 0.2) is 22.7 Å². The van der Waals surface area contributed by atoms with Crippen LogP contribution in [0, 0.1) is 5.82 Å². The maximum Gasteiger partial charge on any atom is 0.410 e. The highest BCUT2D eigenvalue weighted by molar-refractivity contribution is 9.10. The fourth-order valence-electron chi connectivity index (χ4n) is 2.37. The van der Waals surface area contributed by atoms with E-state index in [1.807, 2.05) is 20.8 Å². The molecule has 0 atom stereocenters. The Bertz CT molecular complexity index is 517. The lowest BCUT2D eigenvalue weighted by molar-refractivity contribution is 0.0210. The van der Waals surface area contributed by atoms with E-state index >= 15 is 0 Å². The SMILES string of the molecule is CC(C)(C)OC(=O)N1CCC(Nc2c(F)cccc2Br)CC1. The summed E-state index contributed by atoms with van der Waals surface area (Å²) in [5.74, 6) is -0.274. The summed E-state index contributed by atoms with van der Waals surface area (Å²) in [6.45, 7) is 6.79. The van der Waals surface area contributed by atoms with Crippen LogP contribution in [0.1, 0.15) is 33.6 Å². The van der Waals surface area contributed by atoms with Gasteiger partial charge in [-0.2, -0.15) is 0 Å². The van der Waals surface area contributed by atoms with Gasteiger partial charge in [0.25, 0.3) is 0 Å². The van der Waals surface area contributed by atoms with Crippen molar-refractivity contribution in [1.29, 1.82) is 0 Å². The van der Waals surface area contributed by atoms with Gasteiger partial charge in [0.2, 0.25) is 0 Å². The number of ether oxygens (including phenoxy) is 1. The van der Waals surface area contributed by atoms with Crippen LogP contribution in [-0.4, -0.2) is 35.7 Å². The Morgan fingerprint density at radius 1 is 1.36 bits per heavy atom. The second-order valence-electron chi connectivity index (χ2n) is 6.48. The summed E-state index contributed by atoms with van der Waals surface area (Å²) < 4.78 is 19.9. The Balaban J connectivity index is 1.89. The van der Waals surface area contributed by atoms with Crippen molar-refractivity contribution in [2.75, 3.05) is 18.4 Å². The monoisotopic (exact) mass is 372 g/mol. The van der Waals surface area contributed by atoms with Crippen LogP contribution in [-0.2, 0) is 4.74 Å². The van der Waals surface area contributed by atoms with Gasteiger partial charge in [-0.05, 0) is 61.7 Å². The van der Waals surface area contributed by atoms with Gasteiger partial charge >= 0.3 is 6.09 Å². The average molecular weight is 373 g/mol. The van der Waals surface area contributed by atoms with E-state index in [4.69, 9.17) is 4.74 Å². The summed E-state index contributed by atoms with van der Waals surface area (Å²) in [7, 11) is 0. The molecule has 122 valence electrons. The number of carbonyl (C=O) groups excluding carboxylic acids is 1. The molecule has 0 aliphatic carbocycles. The molecule has 0 unspecified atom stereocenters. The number of halogens is 2. The normalized spacial score (nSPS) is 16.5. The lowest BCUT2D eigenvalue weighted by atomic mass is 10.0. The number of hydrogen-bond donors (Lipinski definition) is 1. The molecule has 1 aliphatic heterocycles. The lowest BCUT2D eigenvalue weighted by Gasteiger charge is -2.34. The molecule has 1 fully saturated rings. The minimum atomic E-state index is -0.482. The second kappa shape index (κ2) is 6.86. The first kappa shape index (κ1) is 17.1. The zero-order chi connectivity index (χ0) is 16.3. The van der Waals surface area contributed by atoms with E-state index in [9.17, 15) is 9.18 Å². The van der Waals surface area contributed by atoms with Gasteiger partial charge in [0.1, 0.15) is 11.4 Å². The van der Waals surface area contributed by atoms with Crippen LogP contribution in [0.5, 0.6) is 0 Å². The first-order valence-electron chi connectivity index (χ1n) is 7.45. The summed E-state index contributed by atoms with van der Waals surface area (Å²) in [4.78, 5) is 13.7. The highest BCUT2D eigenvalue weighted by atomic mass is 79.9. The minimum Gasteiger partial charge on any atom is -0.444 e. The molecule has 4 nitrogen and oxygen atoms in total. The molecule has 1 aromatic carbocycles. The summed E-state index contributed by atoms with van der Waals surface area (Å²) in [6.07, 6.45) is 1.25. The standard InChI is InChI=1S/C16H22BrFN2O2/c1-16(2,3)22-15(21)20-9-7-11(8-10-20)19-14-12(17)5-4-6-13(14)18/h4-6,11,19H,7-10H2,1-3H3. The molecule has 1 saturated heterocycles. The molecule has 1 aliphatic rings. The molecule has 2 rings (SSSR count). The Labute approximate surface area is 139 Å². The van der Waals surface area contributed by atoms with E-state index in [2.05, 4.69) is 21.2 Å². The topological polar surface area (TPSA) is 41.6 Å². The molecule has 1 heterocycles. The van der Waals surface area contributed by atoms with Crippen molar-refractivity contribution in [3.63, 3.8) is 0 Å². The quantitative estimate of drug-likeness (QED) is 0.836. The van der Waals surface area contributed by atoms with Crippen molar-refractivity contribution in [1.82, 2.24) is 4.90 Å². The van der Waals surface area contributed by atoms with Crippen molar-refractivity contribution in [2.24, 2.45) is 0 Å². The number of para-hydroxylation sites is 1. The number of benzene rings is 1. The van der Waals surface area contributed by atoms with Crippen LogP contribution in [0.3, 0.4) is 0 Å². The summed E-state index contributed by atoms with van der Waals surface area (Å²) in [6, 6.07) is 5.05. The Hall–Kier alpha value is -1.30. The van der Waals surface area contributed by atoms with Gasteiger partial charge < -0.3 is 15.0 Å². The first-order valence-corrected chi connectivity index (χ1v) is 8.24. The number of rotatable bonds is 2. The number of nitrogens with zero attached hydrogens (tertiary/aromatic N) is 1. The molecule has 0 aromatic heterocycles. The molecule has 1 aromatic rings. The summed E-state index contributed by atoms with van der Waals surface area (Å²) >= 11 is 3.35. The number of piperidine rings is 1. The van der Waals surface area contributed by atoms with Crippen molar-refractivity contribution >= 4 is 27.7 Å². The zero-order valence-electron chi connectivity index (χ0n) is 13.2. The highest BCUT2D eigenvalue weighted by Crippen LogP contribution is 2.27. The number of hydrogen-bond acceptors (Lipinski definition) is 3. The maximum absolute atomic E-state index is 13.8. The predicted octanol–water partition coefficient (Wildman–Crippen LogP) is 4.40. The Morgan fingerprint density at radius 2 is 2.00 bits per heavy atom. The number of likely N-dealkylation sites (tertiary alicyclic amines) is 1. The van der Waals surface area contributed by atoms with Crippen LogP contribution in [0.25, 0.3) is 0 Å². The number of amides is 1. The summed E-state index contributed by atoms with van der Waals surface area (Å²) in [5.41, 5.74) is 0.00253. The molecular weight excluding hydrogens is 351 g/mol. The van der Waals surface area contributed by atoms with E-state index in [-0.39, 0.29) is 18.0 Å². The van der Waals surface area contributed by atoms with E-state index in [0.717, 1.165) is 12.8 Å². The molecule has 1 N–H and O–H groups in total. The molecule has 6 heteroatoms. The minimum absolute atomic E-state index is 0.145. The van der Waals surface area contributed by atoms with Gasteiger partial charge in [0, 0.05) is 23.6 Å². The third-order valence-corrected chi connectivity index (χ3v) is 4.12. The molecule has 0 bridgehead atoms. The van der Waals surface area contributed by atoms with E-state index < -0.39 is 5.60 Å². The smallest absolute Gasteiger partial charge is 0.410 e. The molecular formula is C16H22BrFN2O2. The van der Waals surface area contributed by atoms with Gasteiger partial charge in [-0.15, -0.1) is 0 Å². The summed E-state index contributed by atoms with van der Waals surface area (Å²) in [5, 5.41) is 3.22. The maximum atomic E-state index is 13.8. The van der Waals surface area contributed by atoms with Crippen LogP contribution >= 0.6 is 15.9 Å². The molecule has 1 amide bonds. The number of anilines is 1. The van der Waals surface area contributed by atoms with Crippen molar-refractivity contribution in [2.45, 2.75) is 45.3 Å². The molecule has 0 saturated carbocycles. The molecule has 0 spiro atoms.